The summed E-state index contributed by atoms with van der Waals surface area (Å²) in [4.78, 5) is 20.5. The normalized spacial score (nSPS) is 11.8. The fourth-order valence-electron chi connectivity index (χ4n) is 8.34. The maximum Gasteiger partial charge on any atom is 0.160 e. The number of pyridine rings is 2. The van der Waals surface area contributed by atoms with Crippen molar-refractivity contribution >= 4 is 84.8 Å². The molecule has 12 aromatic rings. The summed E-state index contributed by atoms with van der Waals surface area (Å²) in [5.74, 6) is 0.649. The van der Waals surface area contributed by atoms with Gasteiger partial charge in [-0.15, -0.1) is 22.7 Å². The zero-order valence-electron chi connectivity index (χ0n) is 30.9. The SMILES string of the molecule is c1ccc(-c2nc(-c3cc(-c4cccc5c4sc4ccccc45)cc(-c4cccc5c4sc4ccccc45)c3)cc(-c3ccc4ccc5cccnc5c4n3)n2)cc1. The second kappa shape index (κ2) is 13.2. The third kappa shape index (κ3) is 5.41. The predicted molar refractivity (Wildman–Crippen MR) is 246 cm³/mol. The first-order chi connectivity index (χ1) is 28.7. The third-order valence-electron chi connectivity index (χ3n) is 11.1. The second-order valence-corrected chi connectivity index (χ2v) is 16.7. The van der Waals surface area contributed by atoms with Gasteiger partial charge in [-0.1, -0.05) is 127 Å². The van der Waals surface area contributed by atoms with E-state index in [9.17, 15) is 0 Å². The van der Waals surface area contributed by atoms with Crippen molar-refractivity contribution in [3.05, 3.63) is 182 Å². The Kier molecular flexibility index (Phi) is 7.55. The summed E-state index contributed by atoms with van der Waals surface area (Å²) >= 11 is 3.71. The van der Waals surface area contributed by atoms with Crippen LogP contribution >= 0.6 is 22.7 Å². The van der Waals surface area contributed by atoms with E-state index in [1.807, 2.05) is 53.1 Å². The van der Waals surface area contributed by atoms with Crippen LogP contribution in [0.4, 0.5) is 0 Å². The number of rotatable bonds is 5. The topological polar surface area (TPSA) is 51.6 Å². The molecule has 58 heavy (non-hydrogen) atoms. The number of nitrogens with zero attached hydrogens (tertiary/aromatic N) is 4. The van der Waals surface area contributed by atoms with Crippen LogP contribution in [0.1, 0.15) is 0 Å². The number of hydrogen-bond acceptors (Lipinski definition) is 6. The Balaban J connectivity index is 1.13. The summed E-state index contributed by atoms with van der Waals surface area (Å²) in [7, 11) is 0. The molecular formula is C52H30N4S2. The molecule has 4 nitrogen and oxygen atoms in total. The van der Waals surface area contributed by atoms with E-state index < -0.39 is 0 Å². The lowest BCUT2D eigenvalue weighted by Crippen LogP contribution is -1.98. The zero-order chi connectivity index (χ0) is 38.2. The standard InChI is InChI=1S/C52H30N4S2/c1-2-11-33(12-3-1)52-55-44(30-45(56-52)43-25-24-32-23-22-31-13-10-26-53-48(31)49(32)54-43)36-28-34(37-16-8-18-41-39-14-4-6-20-46(39)57-50(37)41)27-35(29-36)38-17-9-19-42-40-15-5-7-21-47(40)58-51(38)42/h1-30H. The lowest BCUT2D eigenvalue weighted by molar-refractivity contribution is 1.17. The van der Waals surface area contributed by atoms with Gasteiger partial charge in [0.2, 0.25) is 0 Å². The van der Waals surface area contributed by atoms with Gasteiger partial charge in [-0.2, -0.15) is 0 Å². The van der Waals surface area contributed by atoms with Crippen LogP contribution in [0.5, 0.6) is 0 Å². The molecule has 5 aromatic heterocycles. The molecule has 0 fully saturated rings. The van der Waals surface area contributed by atoms with E-state index in [0.29, 0.717) is 5.82 Å². The monoisotopic (exact) mass is 774 g/mol. The molecule has 0 aliphatic heterocycles. The molecule has 5 heterocycles. The fourth-order valence-corrected chi connectivity index (χ4v) is 10.8. The molecule has 0 radical (unpaired) electrons. The Hall–Kier alpha value is -7.12. The van der Waals surface area contributed by atoms with Crippen LogP contribution < -0.4 is 0 Å². The molecular weight excluding hydrogens is 745 g/mol. The first kappa shape index (κ1) is 33.1. The number of benzene rings is 7. The molecule has 0 amide bonds. The number of aromatic nitrogens is 4. The van der Waals surface area contributed by atoms with E-state index in [0.717, 1.165) is 61.1 Å². The highest BCUT2D eigenvalue weighted by Gasteiger charge is 2.18. The summed E-state index contributed by atoms with van der Waals surface area (Å²) in [6.07, 6.45) is 1.83. The molecule has 270 valence electrons. The first-order valence-electron chi connectivity index (χ1n) is 19.3. The van der Waals surface area contributed by atoms with E-state index in [4.69, 9.17) is 19.9 Å². The molecule has 0 saturated heterocycles. The Morgan fingerprint density at radius 2 is 0.914 bits per heavy atom. The van der Waals surface area contributed by atoms with Crippen LogP contribution in [-0.4, -0.2) is 19.9 Å². The summed E-state index contributed by atoms with van der Waals surface area (Å²) in [5, 5.41) is 7.22. The van der Waals surface area contributed by atoms with E-state index in [2.05, 4.69) is 152 Å². The van der Waals surface area contributed by atoms with Crippen molar-refractivity contribution in [3.63, 3.8) is 0 Å². The predicted octanol–water partition coefficient (Wildman–Crippen LogP) is 14.6. The van der Waals surface area contributed by atoms with Crippen molar-refractivity contribution in [1.29, 1.82) is 0 Å². The van der Waals surface area contributed by atoms with Gasteiger partial charge in [-0.05, 0) is 70.8 Å². The van der Waals surface area contributed by atoms with E-state index >= 15 is 0 Å². The molecule has 0 bridgehead atoms. The van der Waals surface area contributed by atoms with Gasteiger partial charge in [0.25, 0.3) is 0 Å². The number of fused-ring (bicyclic) bond motifs is 9. The number of hydrogen-bond donors (Lipinski definition) is 0. The Bertz CT molecular complexity index is 3450. The summed E-state index contributed by atoms with van der Waals surface area (Å²) < 4.78 is 5.13. The molecule has 0 aliphatic carbocycles. The quantitative estimate of drug-likeness (QED) is 0.163. The van der Waals surface area contributed by atoms with Crippen molar-refractivity contribution in [2.45, 2.75) is 0 Å². The minimum absolute atomic E-state index is 0.649. The van der Waals surface area contributed by atoms with Crippen molar-refractivity contribution < 1.29 is 0 Å². The van der Waals surface area contributed by atoms with Gasteiger partial charge < -0.3 is 0 Å². The molecule has 0 aliphatic rings. The van der Waals surface area contributed by atoms with Gasteiger partial charge in [0.15, 0.2) is 5.82 Å². The second-order valence-electron chi connectivity index (χ2n) is 14.6. The average Bonchev–Trinajstić information content (AvgIpc) is 3.88. The van der Waals surface area contributed by atoms with Gasteiger partial charge in [0, 0.05) is 68.4 Å². The van der Waals surface area contributed by atoms with Crippen LogP contribution in [0.15, 0.2) is 182 Å². The lowest BCUT2D eigenvalue weighted by Gasteiger charge is -2.14. The molecule has 0 spiro atoms. The van der Waals surface area contributed by atoms with Gasteiger partial charge in [-0.25, -0.2) is 15.0 Å². The highest BCUT2D eigenvalue weighted by atomic mass is 32.1. The van der Waals surface area contributed by atoms with Crippen LogP contribution in [0.3, 0.4) is 0 Å². The van der Waals surface area contributed by atoms with Gasteiger partial charge in [0.1, 0.15) is 0 Å². The molecule has 0 unspecified atom stereocenters. The lowest BCUT2D eigenvalue weighted by atomic mass is 9.93. The average molecular weight is 775 g/mol. The molecule has 6 heteroatoms. The Morgan fingerprint density at radius 3 is 1.60 bits per heavy atom. The van der Waals surface area contributed by atoms with E-state index in [-0.39, 0.29) is 0 Å². The zero-order valence-corrected chi connectivity index (χ0v) is 32.6. The highest BCUT2D eigenvalue weighted by Crippen LogP contribution is 2.45. The first-order valence-corrected chi connectivity index (χ1v) is 20.9. The van der Waals surface area contributed by atoms with Crippen LogP contribution in [0.25, 0.3) is 118 Å². The van der Waals surface area contributed by atoms with E-state index in [1.54, 1.807) is 0 Å². The molecule has 0 saturated carbocycles. The maximum absolute atomic E-state index is 5.33. The van der Waals surface area contributed by atoms with Crippen molar-refractivity contribution in [1.82, 2.24) is 19.9 Å². The van der Waals surface area contributed by atoms with Gasteiger partial charge in [-0.3, -0.25) is 4.98 Å². The maximum atomic E-state index is 5.33. The van der Waals surface area contributed by atoms with Gasteiger partial charge in [0.05, 0.1) is 28.1 Å². The minimum atomic E-state index is 0.649. The van der Waals surface area contributed by atoms with Gasteiger partial charge >= 0.3 is 0 Å². The summed E-state index contributed by atoms with van der Waals surface area (Å²) in [6, 6.07) is 62.6. The van der Waals surface area contributed by atoms with Crippen molar-refractivity contribution in [2.24, 2.45) is 0 Å². The molecule has 0 N–H and O–H groups in total. The fraction of sp³-hybridized carbons (Fsp3) is 0. The molecule has 0 atom stereocenters. The Morgan fingerprint density at radius 1 is 0.345 bits per heavy atom. The largest absolute Gasteiger partial charge is 0.254 e. The van der Waals surface area contributed by atoms with Crippen molar-refractivity contribution in [3.8, 4) is 56.3 Å². The molecule has 7 aromatic carbocycles. The Labute approximate surface area is 341 Å². The highest BCUT2D eigenvalue weighted by molar-refractivity contribution is 7.26. The number of thiophene rings is 2. The molecule has 12 rings (SSSR count). The smallest absolute Gasteiger partial charge is 0.160 e. The summed E-state index contributed by atoms with van der Waals surface area (Å²) in [5.41, 5.74) is 10.7. The minimum Gasteiger partial charge on any atom is -0.254 e. The van der Waals surface area contributed by atoms with E-state index in [1.165, 1.54) is 51.5 Å². The third-order valence-corrected chi connectivity index (χ3v) is 13.6. The summed E-state index contributed by atoms with van der Waals surface area (Å²) in [6.45, 7) is 0. The van der Waals surface area contributed by atoms with Crippen LogP contribution in [0, 0.1) is 0 Å². The van der Waals surface area contributed by atoms with Crippen molar-refractivity contribution in [2.75, 3.05) is 0 Å². The van der Waals surface area contributed by atoms with Crippen LogP contribution in [-0.2, 0) is 0 Å². The van der Waals surface area contributed by atoms with Crippen LogP contribution in [0.2, 0.25) is 0 Å².